The third-order valence-corrected chi connectivity index (χ3v) is 3.28. The van der Waals surface area contributed by atoms with E-state index in [1.807, 2.05) is 6.07 Å². The summed E-state index contributed by atoms with van der Waals surface area (Å²) in [5, 5.41) is 3.27. The second-order valence-electron chi connectivity index (χ2n) is 4.55. The highest BCUT2D eigenvalue weighted by Crippen LogP contribution is 2.17. The third kappa shape index (κ3) is 2.73. The molecular weight excluding hydrogens is 232 g/mol. The van der Waals surface area contributed by atoms with Crippen molar-refractivity contribution >= 4 is 5.97 Å². The molecule has 1 N–H and O–H groups in total. The van der Waals surface area contributed by atoms with E-state index in [4.69, 9.17) is 9.15 Å². The van der Waals surface area contributed by atoms with Gasteiger partial charge in [0.1, 0.15) is 0 Å². The Kier molecular flexibility index (Phi) is 4.38. The average Bonchev–Trinajstić information content (AvgIpc) is 2.74. The Morgan fingerprint density at radius 3 is 2.94 bits per heavy atom. The first-order valence-electron chi connectivity index (χ1n) is 6.35. The van der Waals surface area contributed by atoms with E-state index in [1.54, 1.807) is 6.26 Å². The Hall–Kier alpha value is -1.33. The van der Waals surface area contributed by atoms with Crippen molar-refractivity contribution in [3.8, 4) is 0 Å². The van der Waals surface area contributed by atoms with Crippen LogP contribution >= 0.6 is 0 Å². The molecule has 0 aliphatic carbocycles. The molecule has 0 unspecified atom stereocenters. The fourth-order valence-corrected chi connectivity index (χ4v) is 2.16. The van der Waals surface area contributed by atoms with Gasteiger partial charge in [0, 0.05) is 31.2 Å². The van der Waals surface area contributed by atoms with E-state index < -0.39 is 5.97 Å². The van der Waals surface area contributed by atoms with Crippen LogP contribution in [0, 0.1) is 0 Å². The number of hydrogen-bond acceptors (Lipinski definition) is 5. The van der Waals surface area contributed by atoms with Crippen LogP contribution in [0.25, 0.3) is 0 Å². The molecule has 1 saturated heterocycles. The molecule has 0 radical (unpaired) electrons. The van der Waals surface area contributed by atoms with E-state index in [0.717, 1.165) is 38.2 Å². The molecule has 1 aliphatic heterocycles. The standard InChI is InChI=1S/C13H20N2O3/c1-3-5-15(11-7-14-8-11)9-10-4-6-18-12(10)13(16)17-2/h4,6,11,14H,3,5,7-9H2,1-2H3. The molecular formula is C13H20N2O3. The molecule has 5 nitrogen and oxygen atoms in total. The molecule has 1 aromatic heterocycles. The van der Waals surface area contributed by atoms with E-state index in [1.165, 1.54) is 7.11 Å². The Morgan fingerprint density at radius 2 is 2.39 bits per heavy atom. The lowest BCUT2D eigenvalue weighted by atomic mass is 10.1. The Balaban J connectivity index is 2.06. The summed E-state index contributed by atoms with van der Waals surface area (Å²) >= 11 is 0. The first-order chi connectivity index (χ1) is 8.76. The summed E-state index contributed by atoms with van der Waals surface area (Å²) in [6.45, 7) is 5.96. The van der Waals surface area contributed by atoms with Gasteiger partial charge >= 0.3 is 5.97 Å². The minimum absolute atomic E-state index is 0.325. The fourth-order valence-electron chi connectivity index (χ4n) is 2.16. The topological polar surface area (TPSA) is 54.7 Å². The van der Waals surface area contributed by atoms with Gasteiger partial charge in [0.05, 0.1) is 13.4 Å². The van der Waals surface area contributed by atoms with Gasteiger partial charge in [-0.2, -0.15) is 0 Å². The molecule has 0 bridgehead atoms. The first kappa shape index (κ1) is 13.1. The molecule has 100 valence electrons. The molecule has 0 spiro atoms. The van der Waals surface area contributed by atoms with Crippen LogP contribution in [0.1, 0.15) is 29.5 Å². The minimum Gasteiger partial charge on any atom is -0.463 e. The highest BCUT2D eigenvalue weighted by Gasteiger charge is 2.26. The van der Waals surface area contributed by atoms with E-state index in [-0.39, 0.29) is 0 Å². The second kappa shape index (κ2) is 6.02. The van der Waals surface area contributed by atoms with Gasteiger partial charge < -0.3 is 14.5 Å². The Labute approximate surface area is 107 Å². The zero-order chi connectivity index (χ0) is 13.0. The summed E-state index contributed by atoms with van der Waals surface area (Å²) in [5.74, 6) is -0.0796. The van der Waals surface area contributed by atoms with E-state index >= 15 is 0 Å². The molecule has 1 fully saturated rings. The van der Waals surface area contributed by atoms with Crippen LogP contribution in [0.15, 0.2) is 16.7 Å². The number of methoxy groups -OCH3 is 1. The van der Waals surface area contributed by atoms with Crippen molar-refractivity contribution in [3.05, 3.63) is 23.7 Å². The van der Waals surface area contributed by atoms with Crippen LogP contribution in [0.4, 0.5) is 0 Å². The number of hydrogen-bond donors (Lipinski definition) is 1. The van der Waals surface area contributed by atoms with Gasteiger partial charge in [0.2, 0.25) is 5.76 Å². The summed E-state index contributed by atoms with van der Waals surface area (Å²) in [7, 11) is 1.37. The maximum absolute atomic E-state index is 11.5. The molecule has 2 heterocycles. The van der Waals surface area contributed by atoms with Gasteiger partial charge in [-0.05, 0) is 19.0 Å². The Morgan fingerprint density at radius 1 is 1.61 bits per heavy atom. The zero-order valence-electron chi connectivity index (χ0n) is 10.9. The number of rotatable bonds is 6. The van der Waals surface area contributed by atoms with Crippen molar-refractivity contribution in [1.82, 2.24) is 10.2 Å². The van der Waals surface area contributed by atoms with Gasteiger partial charge in [0.15, 0.2) is 0 Å². The summed E-state index contributed by atoms with van der Waals surface area (Å²) in [5.41, 5.74) is 0.905. The highest BCUT2D eigenvalue weighted by atomic mass is 16.5. The van der Waals surface area contributed by atoms with Gasteiger partial charge in [0.25, 0.3) is 0 Å². The van der Waals surface area contributed by atoms with Crippen molar-refractivity contribution in [2.45, 2.75) is 25.9 Å². The Bertz CT molecular complexity index is 399. The van der Waals surface area contributed by atoms with Gasteiger partial charge in [-0.3, -0.25) is 4.90 Å². The molecule has 1 aliphatic rings. The summed E-state index contributed by atoms with van der Waals surface area (Å²) in [4.78, 5) is 13.9. The number of nitrogens with one attached hydrogen (secondary N) is 1. The van der Waals surface area contributed by atoms with Crippen LogP contribution in [0.2, 0.25) is 0 Å². The third-order valence-electron chi connectivity index (χ3n) is 3.28. The second-order valence-corrected chi connectivity index (χ2v) is 4.55. The molecule has 2 rings (SSSR count). The lowest BCUT2D eigenvalue weighted by molar-refractivity contribution is 0.0559. The van der Waals surface area contributed by atoms with E-state index in [0.29, 0.717) is 11.8 Å². The maximum atomic E-state index is 11.5. The fraction of sp³-hybridized carbons (Fsp3) is 0.615. The molecule has 0 amide bonds. The van der Waals surface area contributed by atoms with Crippen molar-refractivity contribution in [3.63, 3.8) is 0 Å². The molecule has 5 heteroatoms. The summed E-state index contributed by atoms with van der Waals surface area (Å²) in [6.07, 6.45) is 2.65. The lowest BCUT2D eigenvalue weighted by Gasteiger charge is -2.38. The van der Waals surface area contributed by atoms with Crippen LogP contribution in [-0.2, 0) is 11.3 Å². The quantitative estimate of drug-likeness (QED) is 0.772. The first-order valence-corrected chi connectivity index (χ1v) is 6.35. The van der Waals surface area contributed by atoms with Gasteiger partial charge in [-0.25, -0.2) is 4.79 Å². The average molecular weight is 252 g/mol. The lowest BCUT2D eigenvalue weighted by Crippen LogP contribution is -2.57. The maximum Gasteiger partial charge on any atom is 0.374 e. The molecule has 0 aromatic carbocycles. The minimum atomic E-state index is -0.404. The molecule has 18 heavy (non-hydrogen) atoms. The van der Waals surface area contributed by atoms with Crippen molar-refractivity contribution in [2.75, 3.05) is 26.7 Å². The van der Waals surface area contributed by atoms with Crippen molar-refractivity contribution in [1.29, 1.82) is 0 Å². The zero-order valence-corrected chi connectivity index (χ0v) is 10.9. The SMILES string of the molecule is CCCN(Cc1ccoc1C(=O)OC)C1CNC1. The normalized spacial score (nSPS) is 15.7. The van der Waals surface area contributed by atoms with Gasteiger partial charge in [-0.1, -0.05) is 6.92 Å². The number of carbonyl (C=O) groups is 1. The van der Waals surface area contributed by atoms with Gasteiger partial charge in [-0.15, -0.1) is 0 Å². The number of furan rings is 1. The summed E-state index contributed by atoms with van der Waals surface area (Å²) < 4.78 is 9.92. The number of nitrogens with zero attached hydrogens (tertiary/aromatic N) is 1. The van der Waals surface area contributed by atoms with Crippen molar-refractivity contribution in [2.24, 2.45) is 0 Å². The number of ether oxygens (including phenoxy) is 1. The molecule has 0 saturated carbocycles. The van der Waals surface area contributed by atoms with Crippen molar-refractivity contribution < 1.29 is 13.9 Å². The predicted octanol–water partition coefficient (Wildman–Crippen LogP) is 1.25. The smallest absolute Gasteiger partial charge is 0.374 e. The summed E-state index contributed by atoms with van der Waals surface area (Å²) in [6, 6.07) is 2.41. The highest BCUT2D eigenvalue weighted by molar-refractivity contribution is 5.87. The van der Waals surface area contributed by atoms with Crippen LogP contribution < -0.4 is 5.32 Å². The van der Waals surface area contributed by atoms with Crippen LogP contribution in [0.3, 0.4) is 0 Å². The largest absolute Gasteiger partial charge is 0.463 e. The number of esters is 1. The predicted molar refractivity (Wildman–Crippen MR) is 67.4 cm³/mol. The molecule has 1 aromatic rings. The van der Waals surface area contributed by atoms with E-state index in [9.17, 15) is 4.79 Å². The van der Waals surface area contributed by atoms with Crippen LogP contribution in [0.5, 0.6) is 0 Å². The van der Waals surface area contributed by atoms with Crippen LogP contribution in [-0.4, -0.2) is 43.7 Å². The molecule has 0 atom stereocenters. The monoisotopic (exact) mass is 252 g/mol. The number of carbonyl (C=O) groups excluding carboxylic acids is 1. The van der Waals surface area contributed by atoms with E-state index in [2.05, 4.69) is 17.1 Å².